The van der Waals surface area contributed by atoms with Gasteiger partial charge in [0.25, 0.3) is 0 Å². The van der Waals surface area contributed by atoms with Crippen LogP contribution in [0, 0.1) is 0 Å². The molecule has 33 heavy (non-hydrogen) atoms. The van der Waals surface area contributed by atoms with E-state index in [1.54, 1.807) is 0 Å². The lowest BCUT2D eigenvalue weighted by Crippen LogP contribution is -1.93. The summed E-state index contributed by atoms with van der Waals surface area (Å²) in [6.07, 6.45) is 9.13. The molecule has 0 aliphatic heterocycles. The first-order chi connectivity index (χ1) is 16.2. The van der Waals surface area contributed by atoms with Gasteiger partial charge in [0.2, 0.25) is 0 Å². The normalized spacial score (nSPS) is 10.7. The minimum Gasteiger partial charge on any atom is -0.0985 e. The average Bonchev–Trinajstić information content (AvgIpc) is 2.87. The van der Waals surface area contributed by atoms with E-state index in [-0.39, 0.29) is 0 Å². The molecule has 4 aromatic carbocycles. The summed E-state index contributed by atoms with van der Waals surface area (Å²) >= 11 is 0. The highest BCUT2D eigenvalue weighted by molar-refractivity contribution is 5.48. The fourth-order valence-electron chi connectivity index (χ4n) is 4.16. The monoisotopic (exact) mass is 428 g/mol. The van der Waals surface area contributed by atoms with Gasteiger partial charge in [0, 0.05) is 0 Å². The summed E-state index contributed by atoms with van der Waals surface area (Å²) in [5, 5.41) is 0. The van der Waals surface area contributed by atoms with Gasteiger partial charge < -0.3 is 0 Å². The first-order valence-electron chi connectivity index (χ1n) is 11.8. The molecule has 0 amide bonds. The SMILES string of the molecule is C=Cc1ccc(Cc2ccc(CCCc3ccc(Cc4ccc(C=C)cc4)cc3)cc2)cc1. The van der Waals surface area contributed by atoms with Gasteiger partial charge in [-0.3, -0.25) is 0 Å². The van der Waals surface area contributed by atoms with Crippen molar-refractivity contribution in [3.63, 3.8) is 0 Å². The van der Waals surface area contributed by atoms with Crippen LogP contribution in [0.1, 0.15) is 50.9 Å². The summed E-state index contributed by atoms with van der Waals surface area (Å²) < 4.78 is 0. The maximum absolute atomic E-state index is 3.82. The van der Waals surface area contributed by atoms with Gasteiger partial charge in [-0.15, -0.1) is 0 Å². The van der Waals surface area contributed by atoms with E-state index >= 15 is 0 Å². The van der Waals surface area contributed by atoms with Crippen molar-refractivity contribution < 1.29 is 0 Å². The smallest absolute Gasteiger partial charge is 0.00258 e. The van der Waals surface area contributed by atoms with Crippen molar-refractivity contribution in [2.24, 2.45) is 0 Å². The average molecular weight is 429 g/mol. The summed E-state index contributed by atoms with van der Waals surface area (Å²) in [5.74, 6) is 0. The highest BCUT2D eigenvalue weighted by Crippen LogP contribution is 2.16. The van der Waals surface area contributed by atoms with Crippen LogP contribution in [-0.2, 0) is 25.7 Å². The Kier molecular flexibility index (Phi) is 7.72. The van der Waals surface area contributed by atoms with Crippen molar-refractivity contribution in [3.05, 3.63) is 155 Å². The van der Waals surface area contributed by atoms with Crippen molar-refractivity contribution in [1.29, 1.82) is 0 Å². The molecule has 4 rings (SSSR count). The van der Waals surface area contributed by atoms with Crippen molar-refractivity contribution in [3.8, 4) is 0 Å². The zero-order chi connectivity index (χ0) is 22.9. The van der Waals surface area contributed by atoms with Gasteiger partial charge in [0.05, 0.1) is 0 Å². The second-order valence-corrected chi connectivity index (χ2v) is 8.73. The highest BCUT2D eigenvalue weighted by Gasteiger charge is 2.01. The molecule has 4 aromatic rings. The molecule has 0 saturated carbocycles. The van der Waals surface area contributed by atoms with Crippen LogP contribution in [0.2, 0.25) is 0 Å². The fourth-order valence-corrected chi connectivity index (χ4v) is 4.16. The second-order valence-electron chi connectivity index (χ2n) is 8.73. The summed E-state index contributed by atoms with van der Waals surface area (Å²) in [6.45, 7) is 7.64. The first-order valence-corrected chi connectivity index (χ1v) is 11.8. The van der Waals surface area contributed by atoms with Gasteiger partial charge in [-0.2, -0.15) is 0 Å². The molecule has 0 heterocycles. The summed E-state index contributed by atoms with van der Waals surface area (Å²) in [7, 11) is 0. The molecule has 0 aromatic heterocycles. The third-order valence-electron chi connectivity index (χ3n) is 6.22. The van der Waals surface area contributed by atoms with E-state index in [0.29, 0.717) is 0 Å². The number of rotatable bonds is 10. The second kappa shape index (κ2) is 11.3. The lowest BCUT2D eigenvalue weighted by molar-refractivity contribution is 0.819. The van der Waals surface area contributed by atoms with Gasteiger partial charge in [-0.25, -0.2) is 0 Å². The highest BCUT2D eigenvalue weighted by atomic mass is 14.1. The molecule has 0 N–H and O–H groups in total. The van der Waals surface area contributed by atoms with Gasteiger partial charge in [-0.05, 0) is 76.6 Å². The Morgan fingerprint density at radius 1 is 0.394 bits per heavy atom. The van der Waals surface area contributed by atoms with Gasteiger partial charge in [0.15, 0.2) is 0 Å². The topological polar surface area (TPSA) is 0 Å². The molecule has 0 unspecified atom stereocenters. The summed E-state index contributed by atoms with van der Waals surface area (Å²) in [5.41, 5.74) is 10.6. The number of benzene rings is 4. The number of hydrogen-bond acceptors (Lipinski definition) is 0. The lowest BCUT2D eigenvalue weighted by atomic mass is 9.98. The van der Waals surface area contributed by atoms with Crippen LogP contribution in [0.4, 0.5) is 0 Å². The third-order valence-corrected chi connectivity index (χ3v) is 6.22. The number of aryl methyl sites for hydroxylation is 2. The van der Waals surface area contributed by atoms with Crippen LogP contribution in [-0.4, -0.2) is 0 Å². The van der Waals surface area contributed by atoms with Crippen molar-refractivity contribution >= 4 is 12.2 Å². The van der Waals surface area contributed by atoms with Crippen molar-refractivity contribution in [2.75, 3.05) is 0 Å². The Bertz CT molecular complexity index is 1060. The summed E-state index contributed by atoms with van der Waals surface area (Å²) in [4.78, 5) is 0. The van der Waals surface area contributed by atoms with Crippen LogP contribution in [0.15, 0.2) is 110 Å². The van der Waals surface area contributed by atoms with Crippen LogP contribution in [0.5, 0.6) is 0 Å². The maximum atomic E-state index is 3.82. The van der Waals surface area contributed by atoms with Crippen LogP contribution in [0.3, 0.4) is 0 Å². The molecule has 0 heteroatoms. The molecule has 0 nitrogen and oxygen atoms in total. The van der Waals surface area contributed by atoms with E-state index < -0.39 is 0 Å². The molecule has 0 aliphatic carbocycles. The fraction of sp³-hybridized carbons (Fsp3) is 0.152. The minimum absolute atomic E-state index is 0.975. The van der Waals surface area contributed by atoms with Gasteiger partial charge >= 0.3 is 0 Å². The minimum atomic E-state index is 0.975. The zero-order valence-electron chi connectivity index (χ0n) is 19.3. The summed E-state index contributed by atoms with van der Waals surface area (Å²) in [6, 6.07) is 35.5. The van der Waals surface area contributed by atoms with Crippen LogP contribution in [0.25, 0.3) is 12.2 Å². The third kappa shape index (κ3) is 6.67. The molecule has 0 bridgehead atoms. The van der Waals surface area contributed by atoms with Crippen LogP contribution >= 0.6 is 0 Å². The van der Waals surface area contributed by atoms with E-state index in [0.717, 1.165) is 25.7 Å². The van der Waals surface area contributed by atoms with E-state index in [4.69, 9.17) is 0 Å². The Morgan fingerprint density at radius 2 is 0.667 bits per heavy atom. The Hall–Kier alpha value is -3.64. The predicted octanol–water partition coefficient (Wildman–Crippen LogP) is 8.33. The Balaban J connectivity index is 1.23. The van der Waals surface area contributed by atoms with E-state index in [9.17, 15) is 0 Å². The molecular formula is C33H32. The largest absolute Gasteiger partial charge is 0.0985 e. The molecule has 0 aliphatic rings. The quantitative estimate of drug-likeness (QED) is 0.238. The van der Waals surface area contributed by atoms with E-state index in [1.807, 2.05) is 12.2 Å². The van der Waals surface area contributed by atoms with E-state index in [1.165, 1.54) is 50.9 Å². The molecule has 0 atom stereocenters. The van der Waals surface area contributed by atoms with Gasteiger partial charge in [-0.1, -0.05) is 122 Å². The Morgan fingerprint density at radius 3 is 0.970 bits per heavy atom. The Labute approximate surface area is 199 Å². The van der Waals surface area contributed by atoms with E-state index in [2.05, 4.69) is 110 Å². The molecule has 0 fully saturated rings. The number of hydrogen-bond donors (Lipinski definition) is 0. The van der Waals surface area contributed by atoms with Crippen LogP contribution < -0.4 is 0 Å². The zero-order valence-corrected chi connectivity index (χ0v) is 19.3. The molecule has 0 saturated heterocycles. The lowest BCUT2D eigenvalue weighted by Gasteiger charge is -2.07. The van der Waals surface area contributed by atoms with Crippen molar-refractivity contribution in [1.82, 2.24) is 0 Å². The molecule has 0 radical (unpaired) electrons. The molecule has 164 valence electrons. The molecular weight excluding hydrogens is 396 g/mol. The van der Waals surface area contributed by atoms with Crippen molar-refractivity contribution in [2.45, 2.75) is 32.1 Å². The standard InChI is InChI=1S/C33H32/c1-3-26-8-16-30(17-9-26)24-32-20-12-28(13-21-32)6-5-7-29-14-22-33(23-15-29)25-31-18-10-27(4-2)11-19-31/h3-4,8-23H,1-2,5-7,24-25H2. The predicted molar refractivity (Wildman–Crippen MR) is 144 cm³/mol. The molecule has 0 spiro atoms. The first kappa shape index (κ1) is 22.6. The maximum Gasteiger partial charge on any atom is -0.00258 e. The van der Waals surface area contributed by atoms with Gasteiger partial charge in [0.1, 0.15) is 0 Å².